The van der Waals surface area contributed by atoms with Gasteiger partial charge >= 0.3 is 0 Å². The summed E-state index contributed by atoms with van der Waals surface area (Å²) >= 11 is 1.73. The summed E-state index contributed by atoms with van der Waals surface area (Å²) in [5.41, 5.74) is 1.05. The molecule has 0 amide bonds. The van der Waals surface area contributed by atoms with E-state index in [1.807, 2.05) is 18.2 Å². The molecule has 1 unspecified atom stereocenters. The molecular formula is C17H17N4O2S+. The molecule has 0 bridgehead atoms. The van der Waals surface area contributed by atoms with Crippen LogP contribution in [0.1, 0.15) is 23.9 Å². The third-order valence-electron chi connectivity index (χ3n) is 4.05. The van der Waals surface area contributed by atoms with Gasteiger partial charge in [-0.15, -0.1) is 21.5 Å². The van der Waals surface area contributed by atoms with Crippen LogP contribution >= 0.6 is 11.3 Å². The molecule has 1 aromatic carbocycles. The molecule has 0 fully saturated rings. The number of hydrogen-bond acceptors (Lipinski definition) is 6. The predicted molar refractivity (Wildman–Crippen MR) is 90.6 cm³/mol. The quantitative estimate of drug-likeness (QED) is 0.604. The van der Waals surface area contributed by atoms with E-state index in [0.29, 0.717) is 24.1 Å². The first-order chi connectivity index (χ1) is 11.7. The van der Waals surface area contributed by atoms with Gasteiger partial charge in [-0.3, -0.25) is 0 Å². The number of nitrogens with zero attached hydrogens (tertiary/aromatic N) is 3. The monoisotopic (exact) mass is 341 g/mol. The van der Waals surface area contributed by atoms with Crippen LogP contribution in [0, 0.1) is 0 Å². The number of thiazole rings is 1. The van der Waals surface area contributed by atoms with Crippen LogP contribution in [-0.4, -0.2) is 22.2 Å². The third kappa shape index (κ3) is 2.83. The van der Waals surface area contributed by atoms with E-state index in [1.165, 1.54) is 9.60 Å². The Morgan fingerprint density at radius 3 is 2.83 bits per heavy atom. The van der Waals surface area contributed by atoms with Gasteiger partial charge in [0.05, 0.1) is 23.5 Å². The Labute approximate surface area is 142 Å². The average molecular weight is 341 g/mol. The summed E-state index contributed by atoms with van der Waals surface area (Å²) < 4.78 is 12.2. The summed E-state index contributed by atoms with van der Waals surface area (Å²) in [5.74, 6) is 1.59. The Morgan fingerprint density at radius 1 is 1.17 bits per heavy atom. The molecule has 1 N–H and O–H groups in total. The summed E-state index contributed by atoms with van der Waals surface area (Å²) in [4.78, 5) is 5.98. The normalized spacial score (nSPS) is 14.1. The second-order valence-electron chi connectivity index (χ2n) is 5.74. The molecule has 122 valence electrons. The summed E-state index contributed by atoms with van der Waals surface area (Å²) in [6.45, 7) is 2.79. The lowest BCUT2D eigenvalue weighted by molar-refractivity contribution is -0.925. The van der Waals surface area contributed by atoms with Crippen molar-refractivity contribution in [2.24, 2.45) is 0 Å². The van der Waals surface area contributed by atoms with Crippen LogP contribution in [0.4, 0.5) is 0 Å². The van der Waals surface area contributed by atoms with Crippen molar-refractivity contribution in [1.82, 2.24) is 15.2 Å². The van der Waals surface area contributed by atoms with Gasteiger partial charge in [0.2, 0.25) is 0 Å². The van der Waals surface area contributed by atoms with Crippen molar-refractivity contribution in [2.75, 3.05) is 7.05 Å². The lowest BCUT2D eigenvalue weighted by atomic mass is 10.3. The minimum atomic E-state index is 0.237. The number of furan rings is 1. The summed E-state index contributed by atoms with van der Waals surface area (Å²) in [6.07, 6.45) is 1.59. The van der Waals surface area contributed by atoms with Gasteiger partial charge in [-0.2, -0.15) is 0 Å². The molecule has 0 spiro atoms. The third-order valence-corrected chi connectivity index (χ3v) is 5.27. The van der Waals surface area contributed by atoms with E-state index in [0.717, 1.165) is 10.5 Å². The van der Waals surface area contributed by atoms with E-state index in [2.05, 4.69) is 30.2 Å². The van der Waals surface area contributed by atoms with E-state index in [-0.39, 0.29) is 6.04 Å². The number of fused-ring (bicyclic) bond motifs is 1. The molecule has 4 rings (SSSR count). The molecule has 0 aliphatic rings. The number of rotatable bonds is 5. The van der Waals surface area contributed by atoms with Gasteiger partial charge < -0.3 is 13.7 Å². The van der Waals surface area contributed by atoms with E-state index >= 15 is 0 Å². The average Bonchev–Trinajstić information content (AvgIpc) is 3.32. The van der Waals surface area contributed by atoms with E-state index in [1.54, 1.807) is 29.7 Å². The Hall–Kier alpha value is -2.51. The fraction of sp³-hybridized carbons (Fsp3) is 0.235. The maximum atomic E-state index is 5.69. The minimum Gasteiger partial charge on any atom is -0.459 e. The highest BCUT2D eigenvalue weighted by Gasteiger charge is 2.22. The van der Waals surface area contributed by atoms with Crippen molar-refractivity contribution in [1.29, 1.82) is 0 Å². The van der Waals surface area contributed by atoms with Crippen molar-refractivity contribution in [2.45, 2.75) is 19.5 Å². The smallest absolute Gasteiger partial charge is 0.283 e. The summed E-state index contributed by atoms with van der Waals surface area (Å²) in [5, 5.41) is 9.27. The number of nitrogens with one attached hydrogen (secondary N) is 1. The Morgan fingerprint density at radius 2 is 2.04 bits per heavy atom. The molecule has 24 heavy (non-hydrogen) atoms. The number of para-hydroxylation sites is 1. The largest absolute Gasteiger partial charge is 0.459 e. The number of quaternary nitrogens is 1. The first-order valence-electron chi connectivity index (χ1n) is 7.75. The molecule has 0 saturated carbocycles. The van der Waals surface area contributed by atoms with Crippen LogP contribution in [0.15, 0.2) is 51.5 Å². The first kappa shape index (κ1) is 15.0. The van der Waals surface area contributed by atoms with Crippen LogP contribution in [0.5, 0.6) is 0 Å². The van der Waals surface area contributed by atoms with Crippen LogP contribution in [0.2, 0.25) is 0 Å². The lowest BCUT2D eigenvalue weighted by Gasteiger charge is -2.17. The number of aromatic nitrogens is 3. The Kier molecular flexibility index (Phi) is 3.87. The Bertz CT molecular complexity index is 911. The molecule has 0 radical (unpaired) electrons. The molecule has 4 aromatic rings. The molecule has 0 aliphatic carbocycles. The second-order valence-corrected chi connectivity index (χ2v) is 6.81. The molecular weight excluding hydrogens is 324 g/mol. The highest BCUT2D eigenvalue weighted by molar-refractivity contribution is 7.18. The van der Waals surface area contributed by atoms with Crippen molar-refractivity contribution >= 4 is 21.6 Å². The zero-order valence-electron chi connectivity index (χ0n) is 13.4. The zero-order chi connectivity index (χ0) is 16.5. The predicted octanol–water partition coefficient (Wildman–Crippen LogP) is 2.72. The molecule has 6 nitrogen and oxygen atoms in total. The first-order valence-corrected chi connectivity index (χ1v) is 8.56. The topological polar surface area (TPSA) is 69.4 Å². The van der Waals surface area contributed by atoms with E-state index < -0.39 is 0 Å². The molecule has 2 atom stereocenters. The van der Waals surface area contributed by atoms with Crippen LogP contribution in [0.3, 0.4) is 0 Å². The minimum absolute atomic E-state index is 0.237. The highest BCUT2D eigenvalue weighted by atomic mass is 32.1. The van der Waals surface area contributed by atoms with Crippen LogP contribution in [0.25, 0.3) is 21.9 Å². The Balaban J connectivity index is 1.50. The van der Waals surface area contributed by atoms with E-state index in [4.69, 9.17) is 13.8 Å². The van der Waals surface area contributed by atoms with Gasteiger partial charge in [-0.25, -0.2) is 4.98 Å². The van der Waals surface area contributed by atoms with E-state index in [9.17, 15) is 0 Å². The fourth-order valence-corrected chi connectivity index (χ4v) is 3.61. The van der Waals surface area contributed by atoms with Gasteiger partial charge in [-0.05, 0) is 31.2 Å². The van der Waals surface area contributed by atoms with Gasteiger partial charge in [0, 0.05) is 0 Å². The van der Waals surface area contributed by atoms with Gasteiger partial charge in [-0.1, -0.05) is 12.1 Å². The zero-order valence-corrected chi connectivity index (χ0v) is 14.2. The maximum Gasteiger partial charge on any atom is 0.283 e. The molecule has 7 heteroatoms. The fourth-order valence-electron chi connectivity index (χ4n) is 2.50. The molecule has 3 heterocycles. The molecule has 0 aliphatic heterocycles. The van der Waals surface area contributed by atoms with Crippen molar-refractivity contribution in [3.63, 3.8) is 0 Å². The van der Waals surface area contributed by atoms with Crippen LogP contribution in [-0.2, 0) is 6.54 Å². The highest BCUT2D eigenvalue weighted by Crippen LogP contribution is 2.25. The second kappa shape index (κ2) is 6.18. The maximum absolute atomic E-state index is 5.69. The van der Waals surface area contributed by atoms with Crippen molar-refractivity contribution in [3.05, 3.63) is 53.6 Å². The standard InChI is InChI=1S/C17H16N4O2S/c1-11(17-18-12-6-3-4-8-14(12)24-17)21(2)10-15-19-20-16(23-15)13-7-5-9-22-13/h3-9,11H,10H2,1-2H3/p+1/t11-/m0/s1. The summed E-state index contributed by atoms with van der Waals surface area (Å²) in [7, 11) is 2.10. The molecule has 0 saturated heterocycles. The number of hydrogen-bond donors (Lipinski definition) is 1. The van der Waals surface area contributed by atoms with Crippen molar-refractivity contribution < 1.29 is 13.7 Å². The SMILES string of the molecule is C[C@@H](c1nc2ccccc2s1)[NH+](C)Cc1nnc(-c2ccco2)o1. The van der Waals surface area contributed by atoms with Crippen molar-refractivity contribution in [3.8, 4) is 11.7 Å². The van der Waals surface area contributed by atoms with Gasteiger partial charge in [0.1, 0.15) is 6.04 Å². The van der Waals surface area contributed by atoms with Crippen LogP contribution < -0.4 is 4.90 Å². The van der Waals surface area contributed by atoms with Gasteiger partial charge in [0.15, 0.2) is 17.3 Å². The summed E-state index contributed by atoms with van der Waals surface area (Å²) in [6, 6.07) is 12.0. The van der Waals surface area contributed by atoms with Gasteiger partial charge in [0.25, 0.3) is 11.8 Å². The molecule has 3 aromatic heterocycles. The number of benzene rings is 1. The lowest BCUT2D eigenvalue weighted by Crippen LogP contribution is -3.07.